The second-order valence-electron chi connectivity index (χ2n) is 2.80. The topological polar surface area (TPSA) is 71.1 Å². The summed E-state index contributed by atoms with van der Waals surface area (Å²) in [4.78, 5) is 25.8. The highest BCUT2D eigenvalue weighted by Crippen LogP contribution is 2.17. The molecule has 0 saturated carbocycles. The molecule has 0 atom stereocenters. The Morgan fingerprint density at radius 1 is 1.53 bits per heavy atom. The van der Waals surface area contributed by atoms with E-state index >= 15 is 0 Å². The third kappa shape index (κ3) is 4.07. The second kappa shape index (κ2) is 5.45. The fourth-order valence-electron chi connectivity index (χ4n) is 0.878. The monoisotopic (exact) mass is 271 g/mol. The van der Waals surface area contributed by atoms with Gasteiger partial charge in [-0.1, -0.05) is 0 Å². The summed E-state index contributed by atoms with van der Waals surface area (Å²) in [6.45, 7) is 1.31. The van der Waals surface area contributed by atoms with Gasteiger partial charge in [0, 0.05) is 13.1 Å². The van der Waals surface area contributed by atoms with Gasteiger partial charge < -0.3 is 10.6 Å². The van der Waals surface area contributed by atoms with E-state index in [4.69, 9.17) is 0 Å². The number of nitrogens with one attached hydrogen (secondary N) is 2. The molecule has 0 saturated heterocycles. The molecule has 0 bridgehead atoms. The molecule has 2 amide bonds. The number of rotatable bonds is 3. The minimum absolute atomic E-state index is 0.0450. The van der Waals surface area contributed by atoms with Crippen molar-refractivity contribution in [1.29, 1.82) is 0 Å². The summed E-state index contributed by atoms with van der Waals surface area (Å²) < 4.78 is 0.557. The predicted octanol–water partition coefficient (Wildman–Crippen LogP) is 0.919. The van der Waals surface area contributed by atoms with Gasteiger partial charge in [0.15, 0.2) is 0 Å². The van der Waals surface area contributed by atoms with Crippen molar-refractivity contribution >= 4 is 33.4 Å². The van der Waals surface area contributed by atoms with Crippen LogP contribution in [-0.4, -0.2) is 23.3 Å². The van der Waals surface area contributed by atoms with E-state index in [9.17, 15) is 9.59 Å². The van der Waals surface area contributed by atoms with Crippen LogP contribution in [0.5, 0.6) is 0 Å². The van der Waals surface area contributed by atoms with Crippen molar-refractivity contribution in [1.82, 2.24) is 10.3 Å². The fraction of sp³-hybridized carbons (Fsp3) is 0.222. The number of anilines is 1. The third-order valence-corrected chi connectivity index (χ3v) is 2.16. The first-order valence-corrected chi connectivity index (χ1v) is 5.03. The first kappa shape index (κ1) is 11.6. The average molecular weight is 272 g/mol. The Balaban J connectivity index is 2.52. The predicted molar refractivity (Wildman–Crippen MR) is 59.3 cm³/mol. The van der Waals surface area contributed by atoms with E-state index < -0.39 is 0 Å². The lowest BCUT2D eigenvalue weighted by molar-refractivity contribution is -0.122. The maximum absolute atomic E-state index is 11.3. The lowest BCUT2D eigenvalue weighted by Crippen LogP contribution is -2.31. The normalized spacial score (nSPS) is 9.47. The molecule has 0 aromatic carbocycles. The molecule has 6 heteroatoms. The summed E-state index contributed by atoms with van der Waals surface area (Å²) >= 11 is 3.19. The number of pyridine rings is 1. The van der Waals surface area contributed by atoms with Gasteiger partial charge in [0.25, 0.3) is 0 Å². The first-order chi connectivity index (χ1) is 7.09. The first-order valence-electron chi connectivity index (χ1n) is 4.24. The van der Waals surface area contributed by atoms with Gasteiger partial charge in [-0.2, -0.15) is 0 Å². The van der Waals surface area contributed by atoms with E-state index in [0.29, 0.717) is 10.3 Å². The molecular formula is C9H10BrN3O2. The van der Waals surface area contributed by atoms with Crippen LogP contribution in [0.15, 0.2) is 22.9 Å². The minimum Gasteiger partial charge on any atom is -0.347 e. The van der Waals surface area contributed by atoms with E-state index in [1.54, 1.807) is 18.3 Å². The summed E-state index contributed by atoms with van der Waals surface area (Å²) in [5.74, 6) is -0.533. The molecule has 80 valence electrons. The molecule has 0 unspecified atom stereocenters. The third-order valence-electron chi connectivity index (χ3n) is 1.53. The molecule has 1 aromatic rings. The molecule has 0 aliphatic carbocycles. The van der Waals surface area contributed by atoms with Crippen LogP contribution >= 0.6 is 15.9 Å². The molecule has 1 rings (SSSR count). The Bertz CT molecular complexity index is 381. The van der Waals surface area contributed by atoms with Crippen LogP contribution in [0.25, 0.3) is 0 Å². The van der Waals surface area contributed by atoms with Crippen LogP contribution < -0.4 is 10.6 Å². The number of hydrogen-bond donors (Lipinski definition) is 2. The Labute approximate surface area is 95.4 Å². The molecule has 15 heavy (non-hydrogen) atoms. The lowest BCUT2D eigenvalue weighted by atomic mass is 10.4. The number of carbonyl (C=O) groups excluding carboxylic acids is 2. The number of carbonyl (C=O) groups is 2. The van der Waals surface area contributed by atoms with Crippen LogP contribution in [0, 0.1) is 0 Å². The summed E-state index contributed by atoms with van der Waals surface area (Å²) in [6.07, 6.45) is 1.60. The second-order valence-corrected chi connectivity index (χ2v) is 3.55. The molecule has 2 N–H and O–H groups in total. The van der Waals surface area contributed by atoms with Crippen LogP contribution in [0.4, 0.5) is 5.69 Å². The smallest absolute Gasteiger partial charge is 0.243 e. The van der Waals surface area contributed by atoms with Gasteiger partial charge >= 0.3 is 0 Å². The molecule has 0 aliphatic rings. The number of hydrogen-bond acceptors (Lipinski definition) is 3. The maximum atomic E-state index is 11.3. The van der Waals surface area contributed by atoms with Crippen LogP contribution in [0.1, 0.15) is 6.92 Å². The van der Waals surface area contributed by atoms with Crippen LogP contribution in [-0.2, 0) is 9.59 Å². The fourth-order valence-corrected chi connectivity index (χ4v) is 1.23. The van der Waals surface area contributed by atoms with Gasteiger partial charge in [0.1, 0.15) is 4.60 Å². The molecule has 5 nitrogen and oxygen atoms in total. The van der Waals surface area contributed by atoms with Crippen molar-refractivity contribution in [2.45, 2.75) is 6.92 Å². The number of halogens is 1. The van der Waals surface area contributed by atoms with Crippen molar-refractivity contribution in [3.8, 4) is 0 Å². The SMILES string of the molecule is CC(=O)NCC(=O)Nc1cccnc1Br. The molecule has 0 fully saturated rings. The van der Waals surface area contributed by atoms with Crippen molar-refractivity contribution in [2.75, 3.05) is 11.9 Å². The number of aromatic nitrogens is 1. The number of amides is 2. The van der Waals surface area contributed by atoms with Gasteiger partial charge in [-0.05, 0) is 28.1 Å². The quantitative estimate of drug-likeness (QED) is 0.804. The Morgan fingerprint density at radius 3 is 2.87 bits per heavy atom. The van der Waals surface area contributed by atoms with Crippen LogP contribution in [0.3, 0.4) is 0 Å². The van der Waals surface area contributed by atoms with E-state index in [1.807, 2.05) is 0 Å². The molecular weight excluding hydrogens is 262 g/mol. The van der Waals surface area contributed by atoms with E-state index in [0.717, 1.165) is 0 Å². The highest BCUT2D eigenvalue weighted by molar-refractivity contribution is 9.10. The molecule has 0 radical (unpaired) electrons. The largest absolute Gasteiger partial charge is 0.347 e. The molecule has 1 heterocycles. The molecule has 0 aliphatic heterocycles. The van der Waals surface area contributed by atoms with Gasteiger partial charge in [0.2, 0.25) is 11.8 Å². The van der Waals surface area contributed by atoms with E-state index in [-0.39, 0.29) is 18.4 Å². The van der Waals surface area contributed by atoms with Crippen LogP contribution in [0.2, 0.25) is 0 Å². The van der Waals surface area contributed by atoms with Gasteiger partial charge in [-0.3, -0.25) is 9.59 Å². The van der Waals surface area contributed by atoms with Gasteiger partial charge in [-0.15, -0.1) is 0 Å². The Hall–Kier alpha value is -1.43. The Kier molecular flexibility index (Phi) is 4.23. The van der Waals surface area contributed by atoms with Crippen molar-refractivity contribution in [3.63, 3.8) is 0 Å². The summed E-state index contributed by atoms with van der Waals surface area (Å²) in [7, 11) is 0. The molecule has 0 spiro atoms. The Morgan fingerprint density at radius 2 is 2.27 bits per heavy atom. The van der Waals surface area contributed by atoms with Crippen molar-refractivity contribution < 1.29 is 9.59 Å². The van der Waals surface area contributed by atoms with Gasteiger partial charge in [-0.25, -0.2) is 4.98 Å². The molecule has 1 aromatic heterocycles. The zero-order chi connectivity index (χ0) is 11.3. The summed E-state index contributed by atoms with van der Waals surface area (Å²) in [5.41, 5.74) is 0.577. The number of nitrogens with zero attached hydrogens (tertiary/aromatic N) is 1. The summed E-state index contributed by atoms with van der Waals surface area (Å²) in [6, 6.07) is 3.42. The highest BCUT2D eigenvalue weighted by Gasteiger charge is 2.05. The maximum Gasteiger partial charge on any atom is 0.243 e. The zero-order valence-corrected chi connectivity index (χ0v) is 9.67. The van der Waals surface area contributed by atoms with Gasteiger partial charge in [0.05, 0.1) is 12.2 Å². The minimum atomic E-state index is -0.293. The standard InChI is InChI=1S/C9H10BrN3O2/c1-6(14)12-5-8(15)13-7-3-2-4-11-9(7)10/h2-4H,5H2,1H3,(H,12,14)(H,13,15). The van der Waals surface area contributed by atoms with E-state index in [2.05, 4.69) is 31.5 Å². The lowest BCUT2D eigenvalue weighted by Gasteiger charge is -2.06. The van der Waals surface area contributed by atoms with Crippen molar-refractivity contribution in [2.24, 2.45) is 0 Å². The highest BCUT2D eigenvalue weighted by atomic mass is 79.9. The van der Waals surface area contributed by atoms with E-state index in [1.165, 1.54) is 6.92 Å². The summed E-state index contributed by atoms with van der Waals surface area (Å²) in [5, 5.41) is 5.00. The van der Waals surface area contributed by atoms with Crippen molar-refractivity contribution in [3.05, 3.63) is 22.9 Å². The average Bonchev–Trinajstić information content (AvgIpc) is 2.18. The zero-order valence-electron chi connectivity index (χ0n) is 8.08.